The topological polar surface area (TPSA) is 51.2 Å². The number of pyridine rings is 1. The van der Waals surface area contributed by atoms with Crippen molar-refractivity contribution in [3.63, 3.8) is 0 Å². The van der Waals surface area contributed by atoms with Crippen LogP contribution >= 0.6 is 23.2 Å². The molecule has 3 rings (SSSR count). The molecule has 0 aliphatic carbocycles. The number of carbonyl (C=O) groups excluding carboxylic acids is 1. The molecule has 1 amide bonds. The third kappa shape index (κ3) is 6.42. The first kappa shape index (κ1) is 23.0. The van der Waals surface area contributed by atoms with Gasteiger partial charge in [-0.05, 0) is 55.8 Å². The summed E-state index contributed by atoms with van der Waals surface area (Å²) in [5.41, 5.74) is 2.23. The van der Waals surface area contributed by atoms with Crippen molar-refractivity contribution in [2.45, 2.75) is 39.3 Å². The van der Waals surface area contributed by atoms with Gasteiger partial charge in [-0.3, -0.25) is 4.79 Å². The van der Waals surface area contributed by atoms with Gasteiger partial charge in [-0.25, -0.2) is 9.37 Å². The van der Waals surface area contributed by atoms with Gasteiger partial charge in [0, 0.05) is 39.3 Å². The van der Waals surface area contributed by atoms with Crippen molar-refractivity contribution in [3.8, 4) is 5.75 Å². The summed E-state index contributed by atoms with van der Waals surface area (Å²) in [7, 11) is 0. The highest BCUT2D eigenvalue weighted by Gasteiger charge is 2.13. The maximum atomic E-state index is 14.1. The number of hydrogen-bond donors (Lipinski definition) is 1. The molecule has 4 nitrogen and oxygen atoms in total. The Balaban J connectivity index is 1.78. The SMILES string of the molecule is CCC(C)NC(=O)c1cccc(Cc2cc(Cl)ccc2OCc2ccc(Cl)cc2F)n1. The molecule has 1 aromatic heterocycles. The molecule has 0 bridgehead atoms. The smallest absolute Gasteiger partial charge is 0.270 e. The largest absolute Gasteiger partial charge is 0.489 e. The summed E-state index contributed by atoms with van der Waals surface area (Å²) in [4.78, 5) is 16.9. The average Bonchev–Trinajstić information content (AvgIpc) is 2.74. The molecule has 0 spiro atoms. The fourth-order valence-corrected chi connectivity index (χ4v) is 3.27. The predicted octanol–water partition coefficient (Wildman–Crippen LogP) is 6.23. The lowest BCUT2D eigenvalue weighted by molar-refractivity contribution is 0.0934. The van der Waals surface area contributed by atoms with Gasteiger partial charge in [0.15, 0.2) is 0 Å². The van der Waals surface area contributed by atoms with Crippen LogP contribution in [0.15, 0.2) is 54.6 Å². The van der Waals surface area contributed by atoms with Crippen LogP contribution in [-0.4, -0.2) is 16.9 Å². The lowest BCUT2D eigenvalue weighted by Crippen LogP contribution is -2.32. The minimum Gasteiger partial charge on any atom is -0.489 e. The standard InChI is InChI=1S/C24H23Cl2FN2O2/c1-3-15(2)28-24(30)22-6-4-5-20(29-22)12-17-11-18(25)9-10-23(17)31-14-16-7-8-19(26)13-21(16)27/h4-11,13,15H,3,12,14H2,1-2H3,(H,28,30). The fourth-order valence-electron chi connectivity index (χ4n) is 2.92. The minimum atomic E-state index is -0.426. The summed E-state index contributed by atoms with van der Waals surface area (Å²) in [6.07, 6.45) is 1.24. The molecule has 31 heavy (non-hydrogen) atoms. The maximum absolute atomic E-state index is 14.1. The number of halogens is 3. The highest BCUT2D eigenvalue weighted by Crippen LogP contribution is 2.27. The Bertz CT molecular complexity index is 1080. The van der Waals surface area contributed by atoms with Crippen molar-refractivity contribution in [2.75, 3.05) is 0 Å². The third-order valence-corrected chi connectivity index (χ3v) is 5.29. The van der Waals surface area contributed by atoms with Crippen LogP contribution in [0.1, 0.15) is 47.6 Å². The Morgan fingerprint density at radius 2 is 1.84 bits per heavy atom. The maximum Gasteiger partial charge on any atom is 0.270 e. The molecular formula is C24H23Cl2FN2O2. The van der Waals surface area contributed by atoms with Crippen LogP contribution in [0.3, 0.4) is 0 Å². The van der Waals surface area contributed by atoms with E-state index in [4.69, 9.17) is 27.9 Å². The van der Waals surface area contributed by atoms with Crippen molar-refractivity contribution < 1.29 is 13.9 Å². The minimum absolute atomic E-state index is 0.0441. The van der Waals surface area contributed by atoms with Gasteiger partial charge in [0.05, 0.1) is 0 Å². The predicted molar refractivity (Wildman–Crippen MR) is 121 cm³/mol. The molecule has 0 aliphatic heterocycles. The average molecular weight is 461 g/mol. The number of hydrogen-bond acceptors (Lipinski definition) is 3. The number of nitrogens with zero attached hydrogens (tertiary/aromatic N) is 1. The van der Waals surface area contributed by atoms with E-state index in [-0.39, 0.29) is 18.6 Å². The van der Waals surface area contributed by atoms with Crippen molar-refractivity contribution in [1.29, 1.82) is 0 Å². The van der Waals surface area contributed by atoms with Crippen molar-refractivity contribution in [3.05, 3.63) is 93.0 Å². The second-order valence-electron chi connectivity index (χ2n) is 7.25. The first-order valence-electron chi connectivity index (χ1n) is 9.97. The highest BCUT2D eigenvalue weighted by atomic mass is 35.5. The van der Waals surface area contributed by atoms with Crippen LogP contribution in [0.25, 0.3) is 0 Å². The molecule has 3 aromatic rings. The normalized spacial score (nSPS) is 11.8. The second kappa shape index (κ2) is 10.6. The van der Waals surface area contributed by atoms with E-state index in [0.717, 1.165) is 12.0 Å². The molecule has 1 atom stereocenters. The molecule has 0 aliphatic rings. The molecule has 2 aromatic carbocycles. The fraction of sp³-hybridized carbons (Fsp3) is 0.250. The van der Waals surface area contributed by atoms with E-state index in [9.17, 15) is 9.18 Å². The summed E-state index contributed by atoms with van der Waals surface area (Å²) < 4.78 is 19.9. The summed E-state index contributed by atoms with van der Waals surface area (Å²) >= 11 is 12.0. The lowest BCUT2D eigenvalue weighted by Gasteiger charge is -2.14. The highest BCUT2D eigenvalue weighted by molar-refractivity contribution is 6.30. The molecule has 1 unspecified atom stereocenters. The van der Waals surface area contributed by atoms with Gasteiger partial charge in [0.2, 0.25) is 0 Å². The van der Waals surface area contributed by atoms with Crippen LogP contribution in [0.5, 0.6) is 5.75 Å². The number of carbonyl (C=O) groups is 1. The van der Waals surface area contributed by atoms with E-state index in [0.29, 0.717) is 39.2 Å². The van der Waals surface area contributed by atoms with Crippen molar-refractivity contribution >= 4 is 29.1 Å². The monoisotopic (exact) mass is 460 g/mol. The van der Waals surface area contributed by atoms with E-state index in [1.165, 1.54) is 6.07 Å². The molecule has 1 N–H and O–H groups in total. The van der Waals surface area contributed by atoms with Crippen molar-refractivity contribution in [1.82, 2.24) is 10.3 Å². The van der Waals surface area contributed by atoms with Crippen LogP contribution in [0.4, 0.5) is 4.39 Å². The first-order valence-corrected chi connectivity index (χ1v) is 10.7. The number of amides is 1. The van der Waals surface area contributed by atoms with Gasteiger partial charge in [-0.2, -0.15) is 0 Å². The van der Waals surface area contributed by atoms with E-state index in [1.807, 2.05) is 19.9 Å². The van der Waals surface area contributed by atoms with Crippen LogP contribution in [0, 0.1) is 5.82 Å². The van der Waals surface area contributed by atoms with E-state index < -0.39 is 5.82 Å². The molecule has 0 saturated carbocycles. The summed E-state index contributed by atoms with van der Waals surface area (Å²) in [5.74, 6) is -0.0725. The number of aromatic nitrogens is 1. The summed E-state index contributed by atoms with van der Waals surface area (Å²) in [5, 5.41) is 3.79. The zero-order valence-corrected chi connectivity index (χ0v) is 18.8. The molecule has 1 heterocycles. The zero-order valence-electron chi connectivity index (χ0n) is 17.3. The molecule has 0 saturated heterocycles. The summed E-state index contributed by atoms with van der Waals surface area (Å²) in [6.45, 7) is 3.99. The molecule has 0 radical (unpaired) electrons. The van der Waals surface area contributed by atoms with Gasteiger partial charge < -0.3 is 10.1 Å². The van der Waals surface area contributed by atoms with Crippen LogP contribution in [0.2, 0.25) is 10.0 Å². The number of rotatable bonds is 8. The second-order valence-corrected chi connectivity index (χ2v) is 8.12. The number of benzene rings is 2. The quantitative estimate of drug-likeness (QED) is 0.433. The Morgan fingerprint density at radius 1 is 1.10 bits per heavy atom. The molecule has 7 heteroatoms. The summed E-state index contributed by atoms with van der Waals surface area (Å²) in [6, 6.07) is 15.1. The Morgan fingerprint density at radius 3 is 2.58 bits per heavy atom. The van der Waals surface area contributed by atoms with E-state index >= 15 is 0 Å². The Hall–Kier alpha value is -2.63. The van der Waals surface area contributed by atoms with Crippen LogP contribution < -0.4 is 10.1 Å². The number of nitrogens with one attached hydrogen (secondary N) is 1. The molecule has 162 valence electrons. The van der Waals surface area contributed by atoms with Gasteiger partial charge in [0.1, 0.15) is 23.9 Å². The van der Waals surface area contributed by atoms with Gasteiger partial charge in [0.25, 0.3) is 5.91 Å². The molecular weight excluding hydrogens is 438 g/mol. The van der Waals surface area contributed by atoms with Crippen molar-refractivity contribution in [2.24, 2.45) is 0 Å². The first-order chi connectivity index (χ1) is 14.9. The van der Waals surface area contributed by atoms with Gasteiger partial charge in [-0.1, -0.05) is 42.3 Å². The zero-order chi connectivity index (χ0) is 22.4. The van der Waals surface area contributed by atoms with E-state index in [2.05, 4.69) is 10.3 Å². The number of ether oxygens (including phenoxy) is 1. The third-order valence-electron chi connectivity index (χ3n) is 4.82. The van der Waals surface area contributed by atoms with Gasteiger partial charge in [-0.15, -0.1) is 0 Å². The van der Waals surface area contributed by atoms with Crippen LogP contribution in [-0.2, 0) is 13.0 Å². The van der Waals surface area contributed by atoms with Gasteiger partial charge >= 0.3 is 0 Å². The van der Waals surface area contributed by atoms with E-state index in [1.54, 1.807) is 42.5 Å². The molecule has 0 fully saturated rings. The Labute approximate surface area is 191 Å². The Kier molecular flexibility index (Phi) is 7.88. The lowest BCUT2D eigenvalue weighted by atomic mass is 10.1.